The van der Waals surface area contributed by atoms with Crippen LogP contribution in [0, 0.1) is 0 Å². The lowest BCUT2D eigenvalue weighted by Crippen LogP contribution is -2.40. The van der Waals surface area contributed by atoms with E-state index < -0.39 is 11.9 Å². The molecule has 0 bridgehead atoms. The van der Waals surface area contributed by atoms with Crippen molar-refractivity contribution < 1.29 is 18.0 Å². The minimum atomic E-state index is -4.49. The van der Waals surface area contributed by atoms with Gasteiger partial charge in [-0.15, -0.1) is 0 Å². The number of alkyl halides is 3. The molecule has 166 valence electrons. The van der Waals surface area contributed by atoms with E-state index in [1.54, 1.807) is 36.7 Å². The maximum atomic E-state index is 13.0. The maximum absolute atomic E-state index is 13.0. The minimum Gasteiger partial charge on any atom is -0.368 e. The van der Waals surface area contributed by atoms with Gasteiger partial charge in [0, 0.05) is 24.5 Å². The molecule has 4 heterocycles. The highest BCUT2D eigenvalue weighted by atomic mass is 19.4. The van der Waals surface area contributed by atoms with E-state index in [0.717, 1.165) is 31.9 Å². The van der Waals surface area contributed by atoms with E-state index >= 15 is 0 Å². The number of hydrogen-bond acceptors (Lipinski definition) is 5. The molecule has 0 aliphatic heterocycles. The average molecular weight is 443 g/mol. The zero-order valence-electron chi connectivity index (χ0n) is 16.9. The summed E-state index contributed by atoms with van der Waals surface area (Å²) in [4.78, 5) is 20.5. The van der Waals surface area contributed by atoms with Crippen LogP contribution in [0.5, 0.6) is 0 Å². The predicted molar refractivity (Wildman–Crippen MR) is 111 cm³/mol. The lowest BCUT2D eigenvalue weighted by molar-refractivity contribution is -0.140. The molecule has 11 heteroatoms. The number of fused-ring (bicyclic) bond motifs is 2. The van der Waals surface area contributed by atoms with E-state index in [9.17, 15) is 18.0 Å². The molecule has 1 saturated carbocycles. The second kappa shape index (κ2) is 7.81. The monoisotopic (exact) mass is 443 g/mol. The van der Waals surface area contributed by atoms with Crippen LogP contribution < -0.4 is 10.6 Å². The summed E-state index contributed by atoms with van der Waals surface area (Å²) in [7, 11) is 0. The molecule has 1 amide bonds. The van der Waals surface area contributed by atoms with Gasteiger partial charge in [-0.3, -0.25) is 14.3 Å². The number of carbonyl (C=O) groups excluding carboxylic acids is 1. The Hall–Kier alpha value is -3.63. The van der Waals surface area contributed by atoms with Gasteiger partial charge in [0.05, 0.1) is 17.1 Å². The molecule has 0 saturated heterocycles. The summed E-state index contributed by atoms with van der Waals surface area (Å²) in [5, 5.41) is 13.8. The highest BCUT2D eigenvalue weighted by molar-refractivity contribution is 6.05. The van der Waals surface area contributed by atoms with Gasteiger partial charge < -0.3 is 10.6 Å². The molecular formula is C21H20F3N7O. The van der Waals surface area contributed by atoms with E-state index in [0.29, 0.717) is 22.4 Å². The highest BCUT2D eigenvalue weighted by Crippen LogP contribution is 2.30. The molecule has 32 heavy (non-hydrogen) atoms. The quantitative estimate of drug-likeness (QED) is 0.446. The molecule has 5 rings (SSSR count). The molecule has 0 unspecified atom stereocenters. The van der Waals surface area contributed by atoms with Crippen molar-refractivity contribution >= 4 is 28.4 Å². The fourth-order valence-corrected chi connectivity index (χ4v) is 4.17. The van der Waals surface area contributed by atoms with E-state index in [1.165, 1.54) is 4.40 Å². The lowest BCUT2D eigenvalue weighted by Gasteiger charge is -2.30. The second-order valence-electron chi connectivity index (χ2n) is 7.92. The Morgan fingerprint density at radius 1 is 1.12 bits per heavy atom. The van der Waals surface area contributed by atoms with Gasteiger partial charge in [0.25, 0.3) is 5.91 Å². The first-order chi connectivity index (χ1) is 15.4. The van der Waals surface area contributed by atoms with Gasteiger partial charge in [0.2, 0.25) is 0 Å². The summed E-state index contributed by atoms with van der Waals surface area (Å²) in [6.45, 7) is 0. The largest absolute Gasteiger partial charge is 0.434 e. The SMILES string of the molecule is O=C(N[C@H]1CC[C@@H](Nc2cccc3nc(C(F)(F)F)cn23)CC1)c1ccnc2[nH]ncc12. The van der Waals surface area contributed by atoms with Crippen LogP contribution in [0.15, 0.2) is 42.9 Å². The Balaban J connectivity index is 1.22. The molecule has 0 spiro atoms. The third-order valence-electron chi connectivity index (χ3n) is 5.80. The van der Waals surface area contributed by atoms with E-state index in [2.05, 4.69) is 30.8 Å². The minimum absolute atomic E-state index is 0.0246. The van der Waals surface area contributed by atoms with E-state index in [-0.39, 0.29) is 23.6 Å². The fraction of sp³-hybridized carbons (Fsp3) is 0.333. The number of carbonyl (C=O) groups is 1. The van der Waals surface area contributed by atoms with Crippen molar-refractivity contribution in [3.8, 4) is 0 Å². The highest BCUT2D eigenvalue weighted by Gasteiger charge is 2.34. The van der Waals surface area contributed by atoms with Gasteiger partial charge in [-0.1, -0.05) is 6.07 Å². The van der Waals surface area contributed by atoms with Crippen LogP contribution >= 0.6 is 0 Å². The van der Waals surface area contributed by atoms with Crippen LogP contribution in [-0.4, -0.2) is 42.6 Å². The van der Waals surface area contributed by atoms with Crippen LogP contribution in [-0.2, 0) is 6.18 Å². The van der Waals surface area contributed by atoms with Crippen molar-refractivity contribution in [3.05, 3.63) is 54.1 Å². The molecule has 1 aliphatic rings. The van der Waals surface area contributed by atoms with Gasteiger partial charge in [0.1, 0.15) is 11.5 Å². The van der Waals surface area contributed by atoms with Gasteiger partial charge in [-0.25, -0.2) is 9.97 Å². The number of amides is 1. The second-order valence-corrected chi connectivity index (χ2v) is 7.92. The number of anilines is 1. The molecule has 8 nitrogen and oxygen atoms in total. The number of aromatic nitrogens is 5. The third kappa shape index (κ3) is 3.85. The summed E-state index contributed by atoms with van der Waals surface area (Å²) in [6.07, 6.45) is 2.74. The molecule has 1 aliphatic carbocycles. The zero-order chi connectivity index (χ0) is 22.3. The Kier molecular flexibility index (Phi) is 4.95. The van der Waals surface area contributed by atoms with Crippen LogP contribution in [0.4, 0.5) is 19.0 Å². The van der Waals surface area contributed by atoms with Gasteiger partial charge >= 0.3 is 6.18 Å². The molecular weight excluding hydrogens is 423 g/mol. The first-order valence-corrected chi connectivity index (χ1v) is 10.3. The number of imidazole rings is 1. The molecule has 1 fully saturated rings. The summed E-state index contributed by atoms with van der Waals surface area (Å²) in [5.41, 5.74) is 0.413. The summed E-state index contributed by atoms with van der Waals surface area (Å²) in [6, 6.07) is 6.75. The molecule has 0 aromatic carbocycles. The normalized spacial score (nSPS) is 19.3. The summed E-state index contributed by atoms with van der Waals surface area (Å²) in [5.74, 6) is 0.398. The fourth-order valence-electron chi connectivity index (χ4n) is 4.17. The van der Waals surface area contributed by atoms with Crippen LogP contribution in [0.2, 0.25) is 0 Å². The number of nitrogens with one attached hydrogen (secondary N) is 3. The Labute approximate surface area is 180 Å². The Morgan fingerprint density at radius 2 is 1.91 bits per heavy atom. The van der Waals surface area contributed by atoms with Crippen molar-refractivity contribution in [2.75, 3.05) is 5.32 Å². The first kappa shape index (κ1) is 20.3. The lowest BCUT2D eigenvalue weighted by atomic mass is 9.91. The Morgan fingerprint density at radius 3 is 2.69 bits per heavy atom. The van der Waals surface area contributed by atoms with Crippen LogP contribution in [0.1, 0.15) is 41.7 Å². The topological polar surface area (TPSA) is 100 Å². The number of pyridine rings is 2. The van der Waals surface area contributed by atoms with Crippen molar-refractivity contribution in [1.29, 1.82) is 0 Å². The standard InChI is InChI=1S/C21H20F3N7O/c22-21(23,24)16-11-31-17(2-1-3-18(31)29-16)27-12-4-6-13(7-5-12)28-20(32)14-8-9-25-19-15(14)10-26-30-19/h1-3,8-13,27H,4-7H2,(H,28,32)(H,25,26,30)/t12-,13+. The zero-order valence-corrected chi connectivity index (χ0v) is 16.9. The van der Waals surface area contributed by atoms with Crippen molar-refractivity contribution in [2.45, 2.75) is 43.9 Å². The number of halogens is 3. The van der Waals surface area contributed by atoms with Crippen molar-refractivity contribution in [1.82, 2.24) is 29.9 Å². The van der Waals surface area contributed by atoms with Gasteiger partial charge in [-0.05, 0) is 43.9 Å². The van der Waals surface area contributed by atoms with Gasteiger partial charge in [0.15, 0.2) is 11.3 Å². The number of rotatable bonds is 4. The molecule has 0 atom stereocenters. The number of hydrogen-bond donors (Lipinski definition) is 3. The van der Waals surface area contributed by atoms with Crippen molar-refractivity contribution in [3.63, 3.8) is 0 Å². The predicted octanol–water partition coefficient (Wildman–Crippen LogP) is 3.78. The molecule has 4 aromatic rings. The Bertz CT molecular complexity index is 1270. The average Bonchev–Trinajstić information content (AvgIpc) is 3.42. The number of nitrogens with zero attached hydrogens (tertiary/aromatic N) is 4. The van der Waals surface area contributed by atoms with Crippen LogP contribution in [0.3, 0.4) is 0 Å². The van der Waals surface area contributed by atoms with Crippen LogP contribution in [0.25, 0.3) is 16.7 Å². The molecule has 0 radical (unpaired) electrons. The maximum Gasteiger partial charge on any atom is 0.434 e. The van der Waals surface area contributed by atoms with E-state index in [4.69, 9.17) is 0 Å². The summed E-state index contributed by atoms with van der Waals surface area (Å²) >= 11 is 0. The molecule has 4 aromatic heterocycles. The van der Waals surface area contributed by atoms with Gasteiger partial charge in [-0.2, -0.15) is 18.3 Å². The number of aromatic amines is 1. The van der Waals surface area contributed by atoms with E-state index in [1.807, 2.05) is 0 Å². The third-order valence-corrected chi connectivity index (χ3v) is 5.80. The smallest absolute Gasteiger partial charge is 0.368 e. The van der Waals surface area contributed by atoms with Crippen molar-refractivity contribution in [2.24, 2.45) is 0 Å². The number of H-pyrrole nitrogens is 1. The summed E-state index contributed by atoms with van der Waals surface area (Å²) < 4.78 is 40.5. The molecule has 3 N–H and O–H groups in total. The first-order valence-electron chi connectivity index (χ1n) is 10.3.